The number of rotatable bonds is 7. The molecule has 1 saturated carbocycles. The minimum absolute atomic E-state index is 0.0403. The lowest BCUT2D eigenvalue weighted by atomic mass is 10.1. The second-order valence-corrected chi connectivity index (χ2v) is 7.62. The van der Waals surface area contributed by atoms with Gasteiger partial charge in [-0.05, 0) is 49.8 Å². The van der Waals surface area contributed by atoms with Gasteiger partial charge >= 0.3 is 6.03 Å². The Balaban J connectivity index is 1.39. The van der Waals surface area contributed by atoms with Gasteiger partial charge in [-0.25, -0.2) is 4.79 Å². The summed E-state index contributed by atoms with van der Waals surface area (Å²) < 4.78 is 5.77. The molecular formula is C21H31N3O3. The first-order valence-corrected chi connectivity index (χ1v) is 10.1. The van der Waals surface area contributed by atoms with Crippen molar-refractivity contribution in [2.75, 3.05) is 33.3 Å². The summed E-state index contributed by atoms with van der Waals surface area (Å²) in [5, 5.41) is 3.07. The van der Waals surface area contributed by atoms with Crippen molar-refractivity contribution in [3.8, 4) is 5.75 Å². The molecule has 1 aliphatic carbocycles. The highest BCUT2D eigenvalue weighted by atomic mass is 16.5. The summed E-state index contributed by atoms with van der Waals surface area (Å²) in [4.78, 5) is 28.2. The summed E-state index contributed by atoms with van der Waals surface area (Å²) in [6.45, 7) is 4.53. The predicted molar refractivity (Wildman–Crippen MR) is 105 cm³/mol. The van der Waals surface area contributed by atoms with E-state index in [1.54, 1.807) is 11.9 Å². The topological polar surface area (TPSA) is 61.9 Å². The van der Waals surface area contributed by atoms with Gasteiger partial charge in [0.05, 0.1) is 6.54 Å². The number of amides is 3. The van der Waals surface area contributed by atoms with Crippen molar-refractivity contribution in [1.29, 1.82) is 0 Å². The molecule has 6 nitrogen and oxygen atoms in total. The number of ether oxygens (including phenoxy) is 1. The first kappa shape index (κ1) is 19.5. The van der Waals surface area contributed by atoms with Crippen LogP contribution in [0.3, 0.4) is 0 Å². The van der Waals surface area contributed by atoms with Gasteiger partial charge in [0.1, 0.15) is 12.4 Å². The van der Waals surface area contributed by atoms with Crippen LogP contribution in [-0.4, -0.2) is 61.1 Å². The van der Waals surface area contributed by atoms with Gasteiger partial charge in [0.25, 0.3) is 0 Å². The van der Waals surface area contributed by atoms with Crippen molar-refractivity contribution >= 4 is 11.9 Å². The van der Waals surface area contributed by atoms with Crippen molar-refractivity contribution in [3.63, 3.8) is 0 Å². The molecule has 2 aliphatic rings. The molecule has 1 saturated heterocycles. The second kappa shape index (κ2) is 9.11. The fraction of sp³-hybridized carbons (Fsp3) is 0.619. The molecule has 0 spiro atoms. The maximum absolute atomic E-state index is 12.4. The van der Waals surface area contributed by atoms with Crippen LogP contribution in [0.25, 0.3) is 0 Å². The number of benzene rings is 1. The molecule has 1 N–H and O–H groups in total. The van der Waals surface area contributed by atoms with E-state index in [9.17, 15) is 9.59 Å². The van der Waals surface area contributed by atoms with Crippen LogP contribution in [0.2, 0.25) is 0 Å². The molecule has 2 fully saturated rings. The van der Waals surface area contributed by atoms with Crippen LogP contribution in [0.15, 0.2) is 24.3 Å². The van der Waals surface area contributed by atoms with Gasteiger partial charge < -0.3 is 19.9 Å². The monoisotopic (exact) mass is 373 g/mol. The molecule has 1 aliphatic heterocycles. The van der Waals surface area contributed by atoms with E-state index >= 15 is 0 Å². The quantitative estimate of drug-likeness (QED) is 0.799. The number of carbonyl (C=O) groups excluding carboxylic acids is 2. The molecule has 0 aromatic heterocycles. The molecule has 1 aromatic rings. The molecule has 1 aromatic carbocycles. The number of likely N-dealkylation sites (N-methyl/N-ethyl adjacent to an activating group) is 1. The largest absolute Gasteiger partial charge is 0.492 e. The van der Waals surface area contributed by atoms with Crippen molar-refractivity contribution in [1.82, 2.24) is 15.1 Å². The number of urea groups is 1. The molecule has 1 heterocycles. The summed E-state index contributed by atoms with van der Waals surface area (Å²) in [6.07, 6.45) is 4.89. The summed E-state index contributed by atoms with van der Waals surface area (Å²) in [5.41, 5.74) is 1.24. The zero-order chi connectivity index (χ0) is 19.2. The van der Waals surface area contributed by atoms with E-state index < -0.39 is 0 Å². The third kappa shape index (κ3) is 5.62. The second-order valence-electron chi connectivity index (χ2n) is 7.62. The summed E-state index contributed by atoms with van der Waals surface area (Å²) >= 11 is 0. The Morgan fingerprint density at radius 2 is 2.11 bits per heavy atom. The van der Waals surface area contributed by atoms with Gasteiger partial charge in [-0.3, -0.25) is 4.79 Å². The highest BCUT2D eigenvalue weighted by Crippen LogP contribution is 2.31. The van der Waals surface area contributed by atoms with Crippen molar-refractivity contribution in [2.24, 2.45) is 5.92 Å². The third-order valence-electron chi connectivity index (χ3n) is 5.34. The Morgan fingerprint density at radius 1 is 1.30 bits per heavy atom. The first-order chi connectivity index (χ1) is 13.1. The van der Waals surface area contributed by atoms with E-state index in [0.717, 1.165) is 44.4 Å². The first-order valence-electron chi connectivity index (χ1n) is 10.1. The highest BCUT2D eigenvalue weighted by molar-refractivity contribution is 5.81. The highest BCUT2D eigenvalue weighted by Gasteiger charge is 2.35. The van der Waals surface area contributed by atoms with Crippen LogP contribution in [0.4, 0.5) is 4.79 Å². The minimum Gasteiger partial charge on any atom is -0.492 e. The lowest BCUT2D eigenvalue weighted by molar-refractivity contribution is -0.133. The van der Waals surface area contributed by atoms with Crippen molar-refractivity contribution in [2.45, 2.75) is 45.1 Å². The van der Waals surface area contributed by atoms with Gasteiger partial charge in [-0.2, -0.15) is 0 Å². The summed E-state index contributed by atoms with van der Waals surface area (Å²) in [6, 6.07) is 7.97. The summed E-state index contributed by atoms with van der Waals surface area (Å²) in [7, 11) is 1.77. The van der Waals surface area contributed by atoms with Crippen LogP contribution in [0.5, 0.6) is 5.75 Å². The molecule has 3 amide bonds. The Bertz CT molecular complexity index is 660. The van der Waals surface area contributed by atoms with Crippen LogP contribution < -0.4 is 10.1 Å². The molecule has 0 radical (unpaired) electrons. The lowest BCUT2D eigenvalue weighted by Gasteiger charge is -2.34. The van der Waals surface area contributed by atoms with Crippen LogP contribution in [0.1, 0.15) is 38.2 Å². The number of hydrogen-bond donors (Lipinski definition) is 1. The molecule has 6 heteroatoms. The Hall–Kier alpha value is -2.24. The zero-order valence-electron chi connectivity index (χ0n) is 16.4. The predicted octanol–water partition coefficient (Wildman–Crippen LogP) is 2.67. The smallest absolute Gasteiger partial charge is 0.317 e. The fourth-order valence-corrected chi connectivity index (χ4v) is 3.43. The number of likely N-dealkylation sites (tertiary alicyclic amines) is 1. The minimum atomic E-state index is -0.105. The van der Waals surface area contributed by atoms with E-state index in [0.29, 0.717) is 19.7 Å². The van der Waals surface area contributed by atoms with Gasteiger partial charge in [0, 0.05) is 32.1 Å². The number of piperidine rings is 1. The van der Waals surface area contributed by atoms with E-state index in [-0.39, 0.29) is 23.9 Å². The maximum Gasteiger partial charge on any atom is 0.317 e. The molecule has 27 heavy (non-hydrogen) atoms. The number of hydrogen-bond acceptors (Lipinski definition) is 3. The van der Waals surface area contributed by atoms with Gasteiger partial charge in [-0.15, -0.1) is 0 Å². The van der Waals surface area contributed by atoms with E-state index in [1.165, 1.54) is 5.56 Å². The van der Waals surface area contributed by atoms with E-state index in [2.05, 4.69) is 18.3 Å². The zero-order valence-corrected chi connectivity index (χ0v) is 16.4. The van der Waals surface area contributed by atoms with E-state index in [4.69, 9.17) is 4.74 Å². The van der Waals surface area contributed by atoms with Gasteiger partial charge in [0.15, 0.2) is 0 Å². The number of aryl methyl sites for hydroxylation is 1. The number of carbonyl (C=O) groups is 2. The Morgan fingerprint density at radius 3 is 2.85 bits per heavy atom. The number of nitrogens with one attached hydrogen (secondary N) is 1. The molecule has 148 valence electrons. The molecule has 0 unspecified atom stereocenters. The van der Waals surface area contributed by atoms with Crippen LogP contribution >= 0.6 is 0 Å². The lowest BCUT2D eigenvalue weighted by Crippen LogP contribution is -2.52. The fourth-order valence-electron chi connectivity index (χ4n) is 3.43. The average molecular weight is 373 g/mol. The number of nitrogens with zero attached hydrogens (tertiary/aromatic N) is 2. The Kier molecular flexibility index (Phi) is 6.58. The van der Waals surface area contributed by atoms with Gasteiger partial charge in [-0.1, -0.05) is 19.1 Å². The normalized spacial score (nSPS) is 19.5. The Labute approximate surface area is 161 Å². The van der Waals surface area contributed by atoms with Crippen molar-refractivity contribution < 1.29 is 14.3 Å². The molecule has 1 atom stereocenters. The van der Waals surface area contributed by atoms with Gasteiger partial charge in [0.2, 0.25) is 5.91 Å². The SMILES string of the molecule is CCc1cccc(OCCN(C)C(=O)N[C@@H]2CCCN(C(=O)C3CC3)C2)c1. The van der Waals surface area contributed by atoms with E-state index in [1.807, 2.05) is 23.1 Å². The van der Waals surface area contributed by atoms with Crippen LogP contribution in [0, 0.1) is 5.92 Å². The summed E-state index contributed by atoms with van der Waals surface area (Å²) in [5.74, 6) is 1.35. The molecule has 0 bridgehead atoms. The third-order valence-corrected chi connectivity index (χ3v) is 5.34. The standard InChI is InChI=1S/C21H31N3O3/c1-3-16-6-4-8-19(14-16)27-13-12-23(2)21(26)22-18-7-5-11-24(15-18)20(25)17-9-10-17/h4,6,8,14,17-18H,3,5,7,9-13,15H2,1-2H3,(H,22,26)/t18-/m1/s1. The van der Waals surface area contributed by atoms with Crippen LogP contribution in [-0.2, 0) is 11.2 Å². The average Bonchev–Trinajstić information content (AvgIpc) is 3.53. The van der Waals surface area contributed by atoms with Crippen molar-refractivity contribution in [3.05, 3.63) is 29.8 Å². The maximum atomic E-state index is 12.4. The molecule has 3 rings (SSSR count). The molecular weight excluding hydrogens is 342 g/mol.